The molecule has 4 heteroatoms. The number of thioether (sulfide) groups is 1. The van der Waals surface area contributed by atoms with Gasteiger partial charge in [0.2, 0.25) is 5.91 Å². The minimum Gasteiger partial charge on any atom is -0.342 e. The Labute approximate surface area is 109 Å². The van der Waals surface area contributed by atoms with Crippen LogP contribution in [0.15, 0.2) is 0 Å². The molecule has 96 valence electrons. The van der Waals surface area contributed by atoms with E-state index in [1.54, 1.807) is 11.8 Å². The molecular formula is C13H22N2OS. The quantitative estimate of drug-likeness (QED) is 0.777. The highest BCUT2D eigenvalue weighted by Crippen LogP contribution is 2.35. The monoisotopic (exact) mass is 254 g/mol. The summed E-state index contributed by atoms with van der Waals surface area (Å²) in [6.07, 6.45) is 4.41. The van der Waals surface area contributed by atoms with Gasteiger partial charge in [-0.2, -0.15) is 5.26 Å². The number of nitrogens with zero attached hydrogens (tertiary/aromatic N) is 2. The molecule has 0 atom stereocenters. The first kappa shape index (κ1) is 14.4. The number of nitriles is 1. The van der Waals surface area contributed by atoms with E-state index in [4.69, 9.17) is 0 Å². The van der Waals surface area contributed by atoms with Gasteiger partial charge in [-0.05, 0) is 25.5 Å². The summed E-state index contributed by atoms with van der Waals surface area (Å²) < 4.78 is -0.271. The van der Waals surface area contributed by atoms with Gasteiger partial charge < -0.3 is 4.90 Å². The summed E-state index contributed by atoms with van der Waals surface area (Å²) in [5.74, 6) is 0.229. The molecule has 0 saturated carbocycles. The first-order chi connectivity index (χ1) is 7.90. The summed E-state index contributed by atoms with van der Waals surface area (Å²) >= 11 is 1.62. The topological polar surface area (TPSA) is 44.1 Å². The summed E-state index contributed by atoms with van der Waals surface area (Å²) in [4.78, 5) is 14.2. The maximum absolute atomic E-state index is 12.3. The molecule has 1 amide bonds. The SMILES string of the molecule is CCC(C)(C)C(=O)N1CCC(C#N)(SC)CC1. The van der Waals surface area contributed by atoms with Gasteiger partial charge in [-0.15, -0.1) is 11.8 Å². The van der Waals surface area contributed by atoms with Gasteiger partial charge in [0.1, 0.15) is 4.75 Å². The zero-order valence-corrected chi connectivity index (χ0v) is 12.1. The smallest absolute Gasteiger partial charge is 0.228 e. The van der Waals surface area contributed by atoms with Crippen molar-refractivity contribution < 1.29 is 4.79 Å². The molecule has 0 aromatic carbocycles. The summed E-state index contributed by atoms with van der Waals surface area (Å²) in [7, 11) is 0. The van der Waals surface area contributed by atoms with E-state index in [1.165, 1.54) is 0 Å². The molecule has 0 aromatic rings. The van der Waals surface area contributed by atoms with Gasteiger partial charge in [0, 0.05) is 18.5 Å². The van der Waals surface area contributed by atoms with Crippen LogP contribution in [0, 0.1) is 16.7 Å². The minimum absolute atomic E-state index is 0.229. The summed E-state index contributed by atoms with van der Waals surface area (Å²) in [5.41, 5.74) is -0.272. The van der Waals surface area contributed by atoms with Gasteiger partial charge in [-0.1, -0.05) is 20.8 Å². The highest BCUT2D eigenvalue weighted by atomic mass is 32.2. The van der Waals surface area contributed by atoms with Crippen molar-refractivity contribution in [3.8, 4) is 6.07 Å². The predicted octanol–water partition coefficient (Wildman–Crippen LogP) is 2.67. The van der Waals surface area contributed by atoms with E-state index < -0.39 is 0 Å². The fraction of sp³-hybridized carbons (Fsp3) is 0.846. The second-order valence-electron chi connectivity index (χ2n) is 5.34. The Kier molecular flexibility index (Phi) is 4.48. The maximum Gasteiger partial charge on any atom is 0.228 e. The minimum atomic E-state index is -0.272. The Balaban J connectivity index is 2.65. The molecule has 0 N–H and O–H groups in total. The average molecular weight is 254 g/mol. The molecule has 1 rings (SSSR count). The van der Waals surface area contributed by atoms with Crippen molar-refractivity contribution >= 4 is 17.7 Å². The van der Waals surface area contributed by atoms with Gasteiger partial charge in [-0.25, -0.2) is 0 Å². The fourth-order valence-corrected chi connectivity index (χ4v) is 2.69. The Hall–Kier alpha value is -0.690. The van der Waals surface area contributed by atoms with Crippen LogP contribution in [0.5, 0.6) is 0 Å². The van der Waals surface area contributed by atoms with E-state index in [0.29, 0.717) is 0 Å². The van der Waals surface area contributed by atoms with Crippen LogP contribution in [0.25, 0.3) is 0 Å². The lowest BCUT2D eigenvalue weighted by Gasteiger charge is -2.39. The van der Waals surface area contributed by atoms with E-state index in [9.17, 15) is 10.1 Å². The van der Waals surface area contributed by atoms with Gasteiger partial charge >= 0.3 is 0 Å². The van der Waals surface area contributed by atoms with Crippen LogP contribution in [0.3, 0.4) is 0 Å². The molecule has 1 aliphatic rings. The molecule has 0 bridgehead atoms. The van der Waals surface area contributed by atoms with Crippen molar-refractivity contribution in [2.75, 3.05) is 19.3 Å². The van der Waals surface area contributed by atoms with Gasteiger partial charge in [0.25, 0.3) is 0 Å². The molecule has 1 saturated heterocycles. The number of rotatable bonds is 3. The third-order valence-electron chi connectivity index (χ3n) is 3.92. The molecule has 0 spiro atoms. The fourth-order valence-electron chi connectivity index (χ4n) is 2.01. The predicted molar refractivity (Wildman–Crippen MR) is 71.7 cm³/mol. The van der Waals surface area contributed by atoms with Crippen molar-refractivity contribution in [3.63, 3.8) is 0 Å². The molecule has 1 aliphatic heterocycles. The largest absolute Gasteiger partial charge is 0.342 e. The molecule has 17 heavy (non-hydrogen) atoms. The third kappa shape index (κ3) is 2.95. The van der Waals surface area contributed by atoms with E-state index in [2.05, 4.69) is 6.07 Å². The Bertz CT molecular complexity index is 325. The van der Waals surface area contributed by atoms with Crippen molar-refractivity contribution in [2.24, 2.45) is 5.41 Å². The second kappa shape index (κ2) is 5.30. The lowest BCUT2D eigenvalue weighted by atomic mass is 9.87. The number of carbonyl (C=O) groups excluding carboxylic acids is 1. The molecule has 0 aliphatic carbocycles. The standard InChI is InChI=1S/C13H22N2OS/c1-5-12(2,3)11(16)15-8-6-13(10-14,17-4)7-9-15/h5-9H2,1-4H3. The normalized spacial score (nSPS) is 19.8. The number of carbonyl (C=O) groups is 1. The summed E-state index contributed by atoms with van der Waals surface area (Å²) in [5, 5.41) is 9.20. The third-order valence-corrected chi connectivity index (χ3v) is 5.20. The number of amides is 1. The highest BCUT2D eigenvalue weighted by Gasteiger charge is 2.38. The van der Waals surface area contributed by atoms with Gasteiger partial charge in [0.05, 0.1) is 6.07 Å². The Morgan fingerprint density at radius 3 is 2.35 bits per heavy atom. The maximum atomic E-state index is 12.3. The van der Waals surface area contributed by atoms with Crippen molar-refractivity contribution in [1.82, 2.24) is 4.90 Å². The van der Waals surface area contributed by atoms with Crippen LogP contribution in [-0.2, 0) is 4.79 Å². The van der Waals surface area contributed by atoms with Crippen molar-refractivity contribution in [2.45, 2.75) is 44.8 Å². The molecular weight excluding hydrogens is 232 g/mol. The Morgan fingerprint density at radius 2 is 2.00 bits per heavy atom. The summed E-state index contributed by atoms with van der Waals surface area (Å²) in [6.45, 7) is 7.47. The van der Waals surface area contributed by atoms with E-state index in [0.717, 1.165) is 32.4 Å². The second-order valence-corrected chi connectivity index (χ2v) is 6.53. The van der Waals surface area contributed by atoms with E-state index >= 15 is 0 Å². The van der Waals surface area contributed by atoms with Crippen LogP contribution in [0.1, 0.15) is 40.0 Å². The van der Waals surface area contributed by atoms with Crippen LogP contribution in [-0.4, -0.2) is 34.9 Å². The first-order valence-corrected chi connectivity index (χ1v) is 7.39. The number of hydrogen-bond acceptors (Lipinski definition) is 3. The van der Waals surface area contributed by atoms with Gasteiger partial charge in [0.15, 0.2) is 0 Å². The van der Waals surface area contributed by atoms with E-state index in [1.807, 2.05) is 31.9 Å². The highest BCUT2D eigenvalue weighted by molar-refractivity contribution is 8.00. The lowest BCUT2D eigenvalue weighted by Crippen LogP contribution is -2.48. The van der Waals surface area contributed by atoms with Crippen LogP contribution < -0.4 is 0 Å². The number of piperidine rings is 1. The van der Waals surface area contributed by atoms with Crippen molar-refractivity contribution in [3.05, 3.63) is 0 Å². The van der Waals surface area contributed by atoms with Crippen LogP contribution in [0.4, 0.5) is 0 Å². The molecule has 0 unspecified atom stereocenters. The number of hydrogen-bond donors (Lipinski definition) is 0. The van der Waals surface area contributed by atoms with Gasteiger partial charge in [-0.3, -0.25) is 4.79 Å². The van der Waals surface area contributed by atoms with Crippen LogP contribution >= 0.6 is 11.8 Å². The van der Waals surface area contributed by atoms with Crippen molar-refractivity contribution in [1.29, 1.82) is 5.26 Å². The molecule has 0 aromatic heterocycles. The summed E-state index contributed by atoms with van der Waals surface area (Å²) in [6, 6.07) is 2.40. The molecule has 0 radical (unpaired) electrons. The Morgan fingerprint density at radius 1 is 1.47 bits per heavy atom. The molecule has 1 heterocycles. The average Bonchev–Trinajstić information content (AvgIpc) is 2.38. The zero-order chi connectivity index (χ0) is 13.1. The van der Waals surface area contributed by atoms with E-state index in [-0.39, 0.29) is 16.1 Å². The molecule has 1 fully saturated rings. The first-order valence-electron chi connectivity index (χ1n) is 6.16. The number of likely N-dealkylation sites (tertiary alicyclic amines) is 1. The van der Waals surface area contributed by atoms with Crippen LogP contribution in [0.2, 0.25) is 0 Å². The zero-order valence-electron chi connectivity index (χ0n) is 11.2. The lowest BCUT2D eigenvalue weighted by molar-refractivity contribution is -0.141. The molecule has 3 nitrogen and oxygen atoms in total.